The second-order valence-corrected chi connectivity index (χ2v) is 12.0. The normalized spacial score (nSPS) is 17.6. The van der Waals surface area contributed by atoms with Gasteiger partial charge < -0.3 is 9.47 Å². The van der Waals surface area contributed by atoms with Crippen LogP contribution in [-0.2, 0) is 18.8 Å². The fraction of sp³-hybridized carbons (Fsp3) is 0.171. The Hall–Kier alpha value is -5.24. The van der Waals surface area contributed by atoms with E-state index >= 15 is 0 Å². The molecular formula is C41H32F6O2. The van der Waals surface area contributed by atoms with Crippen LogP contribution in [-0.4, -0.2) is 0 Å². The summed E-state index contributed by atoms with van der Waals surface area (Å²) < 4.78 is 93.6. The minimum Gasteiger partial charge on any atom is -0.453 e. The van der Waals surface area contributed by atoms with E-state index < -0.39 is 23.5 Å². The predicted octanol–water partition coefficient (Wildman–Crippen LogP) is 12.9. The molecule has 0 saturated carbocycles. The summed E-state index contributed by atoms with van der Waals surface area (Å²) in [6, 6.07) is 16.9. The maximum atomic E-state index is 13.4. The van der Waals surface area contributed by atoms with Gasteiger partial charge in [-0.1, -0.05) is 71.9 Å². The molecule has 0 aliphatic heterocycles. The van der Waals surface area contributed by atoms with E-state index in [-0.39, 0.29) is 23.3 Å². The molecule has 0 fully saturated rings. The smallest absolute Gasteiger partial charge is 0.416 e. The van der Waals surface area contributed by atoms with Crippen molar-refractivity contribution in [2.75, 3.05) is 0 Å². The number of alkyl halides is 6. The molecule has 0 bridgehead atoms. The average Bonchev–Trinajstić information content (AvgIpc) is 3.80. The van der Waals surface area contributed by atoms with Crippen molar-refractivity contribution in [1.82, 2.24) is 0 Å². The Bertz CT molecular complexity index is 2010. The minimum absolute atomic E-state index is 0.136. The summed E-state index contributed by atoms with van der Waals surface area (Å²) in [5, 5.41) is 0. The molecule has 49 heavy (non-hydrogen) atoms. The third-order valence-corrected chi connectivity index (χ3v) is 8.73. The number of ether oxygens (including phenoxy) is 2. The van der Waals surface area contributed by atoms with Crippen LogP contribution in [0.3, 0.4) is 0 Å². The molecule has 0 saturated heterocycles. The molecule has 7 rings (SSSR count). The van der Waals surface area contributed by atoms with Crippen molar-refractivity contribution in [2.24, 2.45) is 0 Å². The number of hydrogen-bond acceptors (Lipinski definition) is 2. The van der Waals surface area contributed by atoms with Gasteiger partial charge in [-0.2, -0.15) is 26.3 Å². The highest BCUT2D eigenvalue weighted by atomic mass is 19.4. The van der Waals surface area contributed by atoms with Gasteiger partial charge in [0.15, 0.2) is 11.5 Å². The summed E-state index contributed by atoms with van der Waals surface area (Å²) in [7, 11) is 0. The highest BCUT2D eigenvalue weighted by Gasteiger charge is 2.37. The number of allylic oxidation sites excluding steroid dienone is 8. The zero-order valence-corrected chi connectivity index (χ0v) is 26.8. The van der Waals surface area contributed by atoms with Crippen LogP contribution in [0, 0.1) is 0 Å². The van der Waals surface area contributed by atoms with Gasteiger partial charge in [0.1, 0.15) is 11.5 Å². The van der Waals surface area contributed by atoms with Crippen LogP contribution < -0.4 is 9.47 Å². The highest BCUT2D eigenvalue weighted by Crippen LogP contribution is 2.57. The summed E-state index contributed by atoms with van der Waals surface area (Å²) in [6.07, 6.45) is 3.87. The van der Waals surface area contributed by atoms with E-state index in [0.29, 0.717) is 17.9 Å². The minimum atomic E-state index is -4.52. The number of halogens is 6. The summed E-state index contributed by atoms with van der Waals surface area (Å²) in [5.74, 6) is 0.529. The monoisotopic (exact) mass is 670 g/mol. The number of benzene rings is 4. The van der Waals surface area contributed by atoms with Crippen molar-refractivity contribution in [3.63, 3.8) is 0 Å². The molecule has 4 aromatic carbocycles. The van der Waals surface area contributed by atoms with Crippen molar-refractivity contribution in [3.05, 3.63) is 167 Å². The lowest BCUT2D eigenvalue weighted by Gasteiger charge is -2.28. The first-order valence-corrected chi connectivity index (χ1v) is 15.6. The standard InChI is InChI=1S/C39H28F6O2.C2H4/c1-22-7-9-25(19-22)33-34(26-10-8-23(2)20-26)37(47-30-17-13-28(14-18-30)39(43,44)45)36(32-21-24-5-3-4-6-31(24)35(32)33)46-29-15-11-27(12-16-29)38(40,41)42;1-2/h3-20,25-26H,21H2,1-2H3;1-2H2. The van der Waals surface area contributed by atoms with E-state index in [2.05, 4.69) is 37.5 Å². The fourth-order valence-electron chi connectivity index (χ4n) is 6.58. The largest absolute Gasteiger partial charge is 0.453 e. The van der Waals surface area contributed by atoms with Crippen molar-refractivity contribution in [2.45, 2.75) is 44.5 Å². The van der Waals surface area contributed by atoms with Crippen LogP contribution in [0.1, 0.15) is 59.1 Å². The third-order valence-electron chi connectivity index (χ3n) is 8.73. The number of fused-ring (bicyclic) bond motifs is 3. The Morgan fingerprint density at radius 2 is 1.08 bits per heavy atom. The van der Waals surface area contributed by atoms with Gasteiger partial charge in [-0.15, -0.1) is 13.2 Å². The van der Waals surface area contributed by atoms with Crippen LogP contribution in [0.15, 0.2) is 134 Å². The fourth-order valence-corrected chi connectivity index (χ4v) is 6.58. The van der Waals surface area contributed by atoms with E-state index in [9.17, 15) is 26.3 Å². The SMILES string of the molecule is C=C.CC1=CC(c2c(Oc3ccc(C(F)(F)F)cc3)c(Oc3ccc(C(F)(F)F)cc3)c3c(c2C2C=CC(C)=C2)-c2ccccc2C3)C=C1. The maximum Gasteiger partial charge on any atom is 0.416 e. The zero-order chi connectivity index (χ0) is 35.1. The summed E-state index contributed by atoms with van der Waals surface area (Å²) in [4.78, 5) is 0. The molecule has 0 radical (unpaired) electrons. The molecular weight excluding hydrogens is 638 g/mol. The van der Waals surface area contributed by atoms with Gasteiger partial charge in [-0.3, -0.25) is 0 Å². The van der Waals surface area contributed by atoms with Gasteiger partial charge in [0, 0.05) is 29.4 Å². The van der Waals surface area contributed by atoms with Crippen LogP contribution in [0.2, 0.25) is 0 Å². The van der Waals surface area contributed by atoms with Gasteiger partial charge in [0.2, 0.25) is 0 Å². The van der Waals surface area contributed by atoms with Crippen molar-refractivity contribution in [3.8, 4) is 34.1 Å². The van der Waals surface area contributed by atoms with E-state index in [1.165, 1.54) is 24.3 Å². The zero-order valence-electron chi connectivity index (χ0n) is 26.8. The predicted molar refractivity (Wildman–Crippen MR) is 180 cm³/mol. The lowest BCUT2D eigenvalue weighted by molar-refractivity contribution is -0.138. The quantitative estimate of drug-likeness (QED) is 0.132. The van der Waals surface area contributed by atoms with E-state index in [1.807, 2.05) is 50.3 Å². The van der Waals surface area contributed by atoms with E-state index in [1.54, 1.807) is 0 Å². The molecule has 2 unspecified atom stereocenters. The molecule has 0 amide bonds. The van der Waals surface area contributed by atoms with Gasteiger partial charge in [0.25, 0.3) is 0 Å². The van der Waals surface area contributed by atoms with Crippen molar-refractivity contribution in [1.29, 1.82) is 0 Å². The Morgan fingerprint density at radius 1 is 0.612 bits per heavy atom. The molecule has 0 aromatic heterocycles. The van der Waals surface area contributed by atoms with Crippen LogP contribution in [0.5, 0.6) is 23.0 Å². The first-order valence-electron chi connectivity index (χ1n) is 15.6. The first kappa shape index (κ1) is 33.7. The number of rotatable bonds is 6. The van der Waals surface area contributed by atoms with Crippen molar-refractivity contribution >= 4 is 0 Å². The molecule has 3 aliphatic rings. The van der Waals surface area contributed by atoms with E-state index in [0.717, 1.165) is 68.8 Å². The van der Waals surface area contributed by atoms with Crippen LogP contribution in [0.4, 0.5) is 26.3 Å². The third kappa shape index (κ3) is 6.60. The van der Waals surface area contributed by atoms with Gasteiger partial charge in [0.05, 0.1) is 11.1 Å². The Morgan fingerprint density at radius 3 is 1.55 bits per heavy atom. The second-order valence-electron chi connectivity index (χ2n) is 12.0. The molecule has 2 atom stereocenters. The number of hydrogen-bond donors (Lipinski definition) is 0. The van der Waals surface area contributed by atoms with Gasteiger partial charge in [-0.05, 0) is 84.6 Å². The second kappa shape index (κ2) is 13.0. The molecule has 0 N–H and O–H groups in total. The molecule has 250 valence electrons. The molecule has 8 heteroatoms. The van der Waals surface area contributed by atoms with Crippen LogP contribution >= 0.6 is 0 Å². The molecule has 0 spiro atoms. The molecule has 4 aromatic rings. The van der Waals surface area contributed by atoms with E-state index in [4.69, 9.17) is 9.47 Å². The Balaban J connectivity index is 0.00000205. The Kier molecular flexibility index (Phi) is 8.92. The van der Waals surface area contributed by atoms with Crippen LogP contribution in [0.25, 0.3) is 11.1 Å². The summed E-state index contributed by atoms with van der Waals surface area (Å²) in [5.41, 5.74) is 6.07. The molecule has 0 heterocycles. The van der Waals surface area contributed by atoms with Gasteiger partial charge in [-0.25, -0.2) is 0 Å². The lowest BCUT2D eigenvalue weighted by atomic mass is 9.81. The maximum absolute atomic E-state index is 13.4. The summed E-state index contributed by atoms with van der Waals surface area (Å²) >= 11 is 0. The molecule has 2 nitrogen and oxygen atoms in total. The average molecular weight is 671 g/mol. The van der Waals surface area contributed by atoms with Crippen molar-refractivity contribution < 1.29 is 35.8 Å². The van der Waals surface area contributed by atoms with Gasteiger partial charge >= 0.3 is 12.4 Å². The lowest BCUT2D eigenvalue weighted by Crippen LogP contribution is -2.09. The summed E-state index contributed by atoms with van der Waals surface area (Å²) in [6.45, 7) is 10.00. The molecule has 3 aliphatic carbocycles. The first-order chi connectivity index (χ1) is 23.4. The highest BCUT2D eigenvalue weighted by molar-refractivity contribution is 5.87. The topological polar surface area (TPSA) is 18.5 Å². The Labute approximate surface area is 281 Å².